The van der Waals surface area contributed by atoms with Crippen molar-refractivity contribution in [2.24, 2.45) is 5.73 Å². The van der Waals surface area contributed by atoms with Crippen LogP contribution in [0.4, 0.5) is 5.69 Å². The molecule has 2 rings (SSSR count). The van der Waals surface area contributed by atoms with E-state index in [9.17, 15) is 0 Å². The summed E-state index contributed by atoms with van der Waals surface area (Å²) >= 11 is 3.59. The van der Waals surface area contributed by atoms with E-state index in [0.29, 0.717) is 0 Å². The van der Waals surface area contributed by atoms with Crippen molar-refractivity contribution in [2.75, 3.05) is 18.0 Å². The molecule has 1 aliphatic rings. The summed E-state index contributed by atoms with van der Waals surface area (Å²) < 4.78 is 1.11. The Labute approximate surface area is 105 Å². The van der Waals surface area contributed by atoms with Gasteiger partial charge in [-0.05, 0) is 31.0 Å². The highest BCUT2D eigenvalue weighted by atomic mass is 79.9. The van der Waals surface area contributed by atoms with Gasteiger partial charge in [0, 0.05) is 29.3 Å². The lowest BCUT2D eigenvalue weighted by molar-refractivity contribution is 0.803. The van der Waals surface area contributed by atoms with Crippen LogP contribution < -0.4 is 10.6 Å². The van der Waals surface area contributed by atoms with Crippen molar-refractivity contribution in [3.05, 3.63) is 40.4 Å². The average molecular weight is 281 g/mol. The molecule has 1 aliphatic heterocycles. The summed E-state index contributed by atoms with van der Waals surface area (Å²) in [5.41, 5.74) is 8.32. The number of rotatable bonds is 2. The first-order valence-electron chi connectivity index (χ1n) is 5.63. The lowest BCUT2D eigenvalue weighted by Gasteiger charge is -2.26. The molecular weight excluding hydrogens is 264 g/mol. The maximum Gasteiger partial charge on any atom is 0.0380 e. The molecule has 86 valence electrons. The van der Waals surface area contributed by atoms with Gasteiger partial charge in [0.15, 0.2) is 0 Å². The van der Waals surface area contributed by atoms with Crippen LogP contribution in [-0.4, -0.2) is 13.1 Å². The fourth-order valence-corrected chi connectivity index (χ4v) is 2.69. The third-order valence-corrected chi connectivity index (χ3v) is 3.58. The van der Waals surface area contributed by atoms with E-state index < -0.39 is 0 Å². The Hall–Kier alpha value is -0.800. The number of anilines is 1. The van der Waals surface area contributed by atoms with Crippen LogP contribution >= 0.6 is 15.9 Å². The van der Waals surface area contributed by atoms with E-state index in [1.54, 1.807) is 0 Å². The predicted molar refractivity (Wildman–Crippen MR) is 72.7 cm³/mol. The normalized spacial score (nSPS) is 17.6. The zero-order valence-corrected chi connectivity index (χ0v) is 11.1. The summed E-state index contributed by atoms with van der Waals surface area (Å²) in [4.78, 5) is 2.37. The van der Waals surface area contributed by atoms with E-state index in [1.165, 1.54) is 5.69 Å². The second kappa shape index (κ2) is 5.02. The number of benzene rings is 1. The van der Waals surface area contributed by atoms with Crippen LogP contribution in [0, 0.1) is 0 Å². The largest absolute Gasteiger partial charge is 0.367 e. The fourth-order valence-electron chi connectivity index (χ4n) is 1.96. The SMILES string of the molecule is CC(N)c1ccc(N2CC=CCC2)cc1Br. The van der Waals surface area contributed by atoms with Gasteiger partial charge in [-0.15, -0.1) is 0 Å². The molecule has 0 bridgehead atoms. The van der Waals surface area contributed by atoms with E-state index in [2.05, 4.69) is 51.2 Å². The topological polar surface area (TPSA) is 29.3 Å². The van der Waals surface area contributed by atoms with Crippen molar-refractivity contribution < 1.29 is 0 Å². The van der Waals surface area contributed by atoms with Crippen LogP contribution in [-0.2, 0) is 0 Å². The predicted octanol–water partition coefficient (Wildman–Crippen LogP) is 3.24. The standard InChI is InChI=1S/C13H17BrN2/c1-10(15)12-6-5-11(9-13(12)14)16-7-3-2-4-8-16/h2-3,5-6,9-10H,4,7-8,15H2,1H3. The molecule has 0 fully saturated rings. The zero-order valence-electron chi connectivity index (χ0n) is 9.49. The van der Waals surface area contributed by atoms with Gasteiger partial charge in [0.2, 0.25) is 0 Å². The van der Waals surface area contributed by atoms with E-state index >= 15 is 0 Å². The molecule has 0 spiro atoms. The smallest absolute Gasteiger partial charge is 0.0380 e. The lowest BCUT2D eigenvalue weighted by atomic mass is 10.1. The van der Waals surface area contributed by atoms with Gasteiger partial charge in [-0.2, -0.15) is 0 Å². The van der Waals surface area contributed by atoms with Crippen LogP contribution in [0.5, 0.6) is 0 Å². The Bertz CT molecular complexity index is 399. The Kier molecular flexibility index (Phi) is 3.66. The molecule has 0 amide bonds. The number of hydrogen-bond donors (Lipinski definition) is 1. The second-order valence-corrected chi connectivity index (χ2v) is 5.05. The third kappa shape index (κ3) is 2.47. The minimum atomic E-state index is 0.0738. The molecule has 0 aliphatic carbocycles. The molecule has 0 saturated heterocycles. The molecule has 1 aromatic carbocycles. The summed E-state index contributed by atoms with van der Waals surface area (Å²) in [6, 6.07) is 6.51. The molecule has 16 heavy (non-hydrogen) atoms. The molecule has 2 nitrogen and oxygen atoms in total. The number of nitrogens with zero attached hydrogens (tertiary/aromatic N) is 1. The van der Waals surface area contributed by atoms with Gasteiger partial charge in [0.05, 0.1) is 0 Å². The van der Waals surface area contributed by atoms with Gasteiger partial charge in [0.25, 0.3) is 0 Å². The summed E-state index contributed by atoms with van der Waals surface area (Å²) in [6.45, 7) is 4.10. The van der Waals surface area contributed by atoms with E-state index in [4.69, 9.17) is 5.73 Å². The Morgan fingerprint density at radius 3 is 2.75 bits per heavy atom. The second-order valence-electron chi connectivity index (χ2n) is 4.20. The average Bonchev–Trinajstić information content (AvgIpc) is 2.29. The van der Waals surface area contributed by atoms with E-state index in [-0.39, 0.29) is 6.04 Å². The Morgan fingerprint density at radius 1 is 1.38 bits per heavy atom. The molecule has 0 radical (unpaired) electrons. The maximum atomic E-state index is 5.89. The molecule has 1 heterocycles. The monoisotopic (exact) mass is 280 g/mol. The van der Waals surface area contributed by atoms with Crippen molar-refractivity contribution in [2.45, 2.75) is 19.4 Å². The zero-order chi connectivity index (χ0) is 11.5. The van der Waals surface area contributed by atoms with Gasteiger partial charge < -0.3 is 10.6 Å². The van der Waals surface area contributed by atoms with Crippen LogP contribution in [0.25, 0.3) is 0 Å². The van der Waals surface area contributed by atoms with Crippen molar-refractivity contribution >= 4 is 21.6 Å². The highest BCUT2D eigenvalue weighted by Gasteiger charge is 2.10. The fraction of sp³-hybridized carbons (Fsp3) is 0.385. The summed E-state index contributed by atoms with van der Waals surface area (Å²) in [6.07, 6.45) is 5.59. The summed E-state index contributed by atoms with van der Waals surface area (Å²) in [5, 5.41) is 0. The molecule has 3 heteroatoms. The molecule has 0 saturated carbocycles. The molecule has 0 aromatic heterocycles. The number of nitrogens with two attached hydrogens (primary N) is 1. The van der Waals surface area contributed by atoms with E-state index in [0.717, 1.165) is 29.5 Å². The van der Waals surface area contributed by atoms with Gasteiger partial charge in [0.1, 0.15) is 0 Å². The van der Waals surface area contributed by atoms with Crippen molar-refractivity contribution in [3.8, 4) is 0 Å². The Morgan fingerprint density at radius 2 is 2.19 bits per heavy atom. The maximum absolute atomic E-state index is 5.89. The van der Waals surface area contributed by atoms with Crippen LogP contribution in [0.2, 0.25) is 0 Å². The van der Waals surface area contributed by atoms with Crippen LogP contribution in [0.3, 0.4) is 0 Å². The summed E-state index contributed by atoms with van der Waals surface area (Å²) in [5.74, 6) is 0. The van der Waals surface area contributed by atoms with Gasteiger partial charge in [-0.25, -0.2) is 0 Å². The van der Waals surface area contributed by atoms with Gasteiger partial charge >= 0.3 is 0 Å². The van der Waals surface area contributed by atoms with Crippen LogP contribution in [0.1, 0.15) is 24.9 Å². The quantitative estimate of drug-likeness (QED) is 0.843. The van der Waals surface area contributed by atoms with E-state index in [1.807, 2.05) is 6.92 Å². The highest BCUT2D eigenvalue weighted by Crippen LogP contribution is 2.28. The van der Waals surface area contributed by atoms with Crippen molar-refractivity contribution in [1.29, 1.82) is 0 Å². The lowest BCUT2D eigenvalue weighted by Crippen LogP contribution is -2.26. The van der Waals surface area contributed by atoms with Gasteiger partial charge in [-0.1, -0.05) is 34.1 Å². The Balaban J connectivity index is 2.23. The first kappa shape index (κ1) is 11.7. The van der Waals surface area contributed by atoms with Crippen LogP contribution in [0.15, 0.2) is 34.8 Å². The first-order valence-corrected chi connectivity index (χ1v) is 6.43. The minimum absolute atomic E-state index is 0.0738. The molecule has 1 atom stereocenters. The van der Waals surface area contributed by atoms with Crippen molar-refractivity contribution in [3.63, 3.8) is 0 Å². The molecule has 2 N–H and O–H groups in total. The van der Waals surface area contributed by atoms with Crippen molar-refractivity contribution in [1.82, 2.24) is 0 Å². The molecular formula is C13H17BrN2. The third-order valence-electron chi connectivity index (χ3n) is 2.90. The highest BCUT2D eigenvalue weighted by molar-refractivity contribution is 9.10. The summed E-state index contributed by atoms with van der Waals surface area (Å²) in [7, 11) is 0. The number of hydrogen-bond acceptors (Lipinski definition) is 2. The first-order chi connectivity index (χ1) is 7.68. The molecule has 1 unspecified atom stereocenters. The number of halogens is 1. The van der Waals surface area contributed by atoms with Gasteiger partial charge in [-0.3, -0.25) is 0 Å². The molecule has 1 aromatic rings. The minimum Gasteiger partial charge on any atom is -0.367 e.